The van der Waals surface area contributed by atoms with Crippen molar-refractivity contribution in [1.82, 2.24) is 9.55 Å². The van der Waals surface area contributed by atoms with Crippen LogP contribution in [-0.2, 0) is 6.42 Å². The number of aryl methyl sites for hydroxylation is 1. The Bertz CT molecular complexity index is 389. The summed E-state index contributed by atoms with van der Waals surface area (Å²) in [4.78, 5) is 4.80. The van der Waals surface area contributed by atoms with Crippen LogP contribution in [0.2, 0.25) is 0 Å². The van der Waals surface area contributed by atoms with Gasteiger partial charge in [0.25, 0.3) is 0 Å². The molecule has 2 fully saturated rings. The third-order valence-electron chi connectivity index (χ3n) is 3.59. The molecular formula is C12H19N3S. The Hall–Kier alpha value is -0.640. The van der Waals surface area contributed by atoms with Crippen LogP contribution in [-0.4, -0.2) is 21.1 Å². The number of rotatable bonds is 3. The first-order chi connectivity index (χ1) is 7.81. The summed E-state index contributed by atoms with van der Waals surface area (Å²) in [6.45, 7) is 2.17. The largest absolute Gasteiger partial charge is 0.384 e. The molecule has 1 aliphatic heterocycles. The molecule has 1 saturated carbocycles. The third kappa shape index (κ3) is 1.63. The summed E-state index contributed by atoms with van der Waals surface area (Å²) in [6, 6.07) is 0.658. The van der Waals surface area contributed by atoms with E-state index in [1.54, 1.807) is 0 Å². The second kappa shape index (κ2) is 3.99. The average molecular weight is 237 g/mol. The standard InChI is InChI=1S/C12H19N3S/c1-2-10-14-11(8-5-6-16-7-8)12(13)15(10)9-3-4-9/h8-9H,2-7,13H2,1H3. The van der Waals surface area contributed by atoms with Gasteiger partial charge in [0.1, 0.15) is 11.6 Å². The predicted octanol–water partition coefficient (Wildman–Crippen LogP) is 2.58. The number of hydrogen-bond acceptors (Lipinski definition) is 3. The van der Waals surface area contributed by atoms with Gasteiger partial charge in [-0.3, -0.25) is 0 Å². The minimum atomic E-state index is 0.607. The molecular weight excluding hydrogens is 218 g/mol. The Kier molecular flexibility index (Phi) is 2.62. The van der Waals surface area contributed by atoms with E-state index < -0.39 is 0 Å². The fourth-order valence-corrected chi connectivity index (χ4v) is 3.78. The first-order valence-corrected chi connectivity index (χ1v) is 7.41. The van der Waals surface area contributed by atoms with Gasteiger partial charge < -0.3 is 10.3 Å². The molecule has 0 radical (unpaired) electrons. The van der Waals surface area contributed by atoms with E-state index in [1.807, 2.05) is 11.8 Å². The minimum Gasteiger partial charge on any atom is -0.384 e. The molecule has 0 spiro atoms. The molecule has 1 aromatic heterocycles. The summed E-state index contributed by atoms with van der Waals surface area (Å²) >= 11 is 2.03. The Labute approximate surface area is 101 Å². The molecule has 1 saturated heterocycles. The van der Waals surface area contributed by atoms with Crippen LogP contribution in [0.25, 0.3) is 0 Å². The minimum absolute atomic E-state index is 0.607. The number of nitrogen functional groups attached to an aromatic ring is 1. The van der Waals surface area contributed by atoms with Crippen molar-refractivity contribution in [3.63, 3.8) is 0 Å². The molecule has 1 aliphatic carbocycles. The quantitative estimate of drug-likeness (QED) is 0.878. The van der Waals surface area contributed by atoms with Crippen LogP contribution in [0.15, 0.2) is 0 Å². The van der Waals surface area contributed by atoms with Crippen LogP contribution in [0.4, 0.5) is 5.82 Å². The van der Waals surface area contributed by atoms with E-state index in [9.17, 15) is 0 Å². The molecule has 1 atom stereocenters. The van der Waals surface area contributed by atoms with Gasteiger partial charge in [0.05, 0.1) is 5.69 Å². The van der Waals surface area contributed by atoms with Crippen molar-refractivity contribution < 1.29 is 0 Å². The average Bonchev–Trinajstić information content (AvgIpc) is 2.87. The van der Waals surface area contributed by atoms with Crippen LogP contribution in [0, 0.1) is 0 Å². The first kappa shape index (κ1) is 10.5. The van der Waals surface area contributed by atoms with E-state index in [-0.39, 0.29) is 0 Å². The van der Waals surface area contributed by atoms with Gasteiger partial charge in [0, 0.05) is 24.1 Å². The zero-order valence-electron chi connectivity index (χ0n) is 9.78. The zero-order valence-corrected chi connectivity index (χ0v) is 10.6. The second-order valence-corrected chi connectivity index (χ2v) is 5.96. The number of anilines is 1. The van der Waals surface area contributed by atoms with Crippen molar-refractivity contribution in [2.75, 3.05) is 17.2 Å². The maximum absolute atomic E-state index is 6.29. The highest BCUT2D eigenvalue weighted by Gasteiger charge is 2.31. The summed E-state index contributed by atoms with van der Waals surface area (Å²) in [7, 11) is 0. The lowest BCUT2D eigenvalue weighted by molar-refractivity contribution is 0.696. The highest BCUT2D eigenvalue weighted by molar-refractivity contribution is 7.99. The van der Waals surface area contributed by atoms with Crippen LogP contribution >= 0.6 is 11.8 Å². The van der Waals surface area contributed by atoms with E-state index in [4.69, 9.17) is 10.7 Å². The maximum Gasteiger partial charge on any atom is 0.127 e. The molecule has 2 N–H and O–H groups in total. The van der Waals surface area contributed by atoms with E-state index in [0.717, 1.165) is 12.2 Å². The maximum atomic E-state index is 6.29. The molecule has 88 valence electrons. The molecule has 16 heavy (non-hydrogen) atoms. The van der Waals surface area contributed by atoms with Gasteiger partial charge in [0.15, 0.2) is 0 Å². The summed E-state index contributed by atoms with van der Waals surface area (Å²) in [5, 5.41) is 0. The van der Waals surface area contributed by atoms with Crippen molar-refractivity contribution in [1.29, 1.82) is 0 Å². The normalized spacial score (nSPS) is 25.2. The molecule has 3 nitrogen and oxygen atoms in total. The third-order valence-corrected chi connectivity index (χ3v) is 4.76. The van der Waals surface area contributed by atoms with Crippen LogP contribution < -0.4 is 5.73 Å². The van der Waals surface area contributed by atoms with Gasteiger partial charge >= 0.3 is 0 Å². The van der Waals surface area contributed by atoms with E-state index in [1.165, 1.54) is 42.3 Å². The number of hydrogen-bond donors (Lipinski definition) is 1. The van der Waals surface area contributed by atoms with Gasteiger partial charge in [-0.05, 0) is 25.0 Å². The number of nitrogens with two attached hydrogens (primary N) is 1. The van der Waals surface area contributed by atoms with Crippen molar-refractivity contribution in [2.24, 2.45) is 0 Å². The monoisotopic (exact) mass is 237 g/mol. The van der Waals surface area contributed by atoms with Gasteiger partial charge in [-0.1, -0.05) is 6.92 Å². The lowest BCUT2D eigenvalue weighted by Gasteiger charge is -2.08. The Balaban J connectivity index is 1.98. The lowest BCUT2D eigenvalue weighted by atomic mass is 10.1. The molecule has 2 heterocycles. The van der Waals surface area contributed by atoms with E-state index in [2.05, 4.69) is 11.5 Å². The summed E-state index contributed by atoms with van der Waals surface area (Å²) in [6.07, 6.45) is 4.82. The van der Waals surface area contributed by atoms with Gasteiger partial charge in [-0.15, -0.1) is 0 Å². The highest BCUT2D eigenvalue weighted by atomic mass is 32.2. The Morgan fingerprint density at radius 1 is 1.44 bits per heavy atom. The van der Waals surface area contributed by atoms with Crippen molar-refractivity contribution in [2.45, 2.75) is 44.6 Å². The molecule has 1 unspecified atom stereocenters. The van der Waals surface area contributed by atoms with Gasteiger partial charge in [0.2, 0.25) is 0 Å². The molecule has 0 aromatic carbocycles. The molecule has 3 rings (SSSR count). The van der Waals surface area contributed by atoms with Crippen molar-refractivity contribution in [3.05, 3.63) is 11.5 Å². The fourth-order valence-electron chi connectivity index (χ4n) is 2.55. The number of thioether (sulfide) groups is 1. The van der Waals surface area contributed by atoms with Crippen LogP contribution in [0.3, 0.4) is 0 Å². The second-order valence-electron chi connectivity index (χ2n) is 4.81. The topological polar surface area (TPSA) is 43.8 Å². The Morgan fingerprint density at radius 3 is 2.81 bits per heavy atom. The predicted molar refractivity (Wildman–Crippen MR) is 69.0 cm³/mol. The zero-order chi connectivity index (χ0) is 11.1. The van der Waals surface area contributed by atoms with E-state index in [0.29, 0.717) is 12.0 Å². The van der Waals surface area contributed by atoms with Crippen molar-refractivity contribution in [3.8, 4) is 0 Å². The lowest BCUT2D eigenvalue weighted by Crippen LogP contribution is -2.06. The van der Waals surface area contributed by atoms with Gasteiger partial charge in [-0.25, -0.2) is 4.98 Å². The number of imidazole rings is 1. The highest BCUT2D eigenvalue weighted by Crippen LogP contribution is 2.42. The van der Waals surface area contributed by atoms with Crippen LogP contribution in [0.1, 0.15) is 49.7 Å². The SMILES string of the molecule is CCc1nc(C2CCSC2)c(N)n1C1CC1. The number of aromatic nitrogens is 2. The van der Waals surface area contributed by atoms with Crippen molar-refractivity contribution >= 4 is 17.6 Å². The summed E-state index contributed by atoms with van der Waals surface area (Å²) in [5.41, 5.74) is 7.48. The summed E-state index contributed by atoms with van der Waals surface area (Å²) in [5.74, 6) is 5.24. The van der Waals surface area contributed by atoms with Crippen LogP contribution in [0.5, 0.6) is 0 Å². The molecule has 0 amide bonds. The Morgan fingerprint density at radius 2 is 2.25 bits per heavy atom. The molecule has 1 aromatic rings. The summed E-state index contributed by atoms with van der Waals surface area (Å²) < 4.78 is 2.30. The van der Waals surface area contributed by atoms with Gasteiger partial charge in [-0.2, -0.15) is 11.8 Å². The fraction of sp³-hybridized carbons (Fsp3) is 0.750. The van der Waals surface area contributed by atoms with E-state index >= 15 is 0 Å². The first-order valence-electron chi connectivity index (χ1n) is 6.25. The smallest absolute Gasteiger partial charge is 0.127 e. The number of nitrogens with zero attached hydrogens (tertiary/aromatic N) is 2. The molecule has 4 heteroatoms. The molecule has 2 aliphatic rings. The molecule has 0 bridgehead atoms.